The highest BCUT2D eigenvalue weighted by atomic mass is 32.2. The predicted octanol–water partition coefficient (Wildman–Crippen LogP) is 10.2. The van der Waals surface area contributed by atoms with Crippen LogP contribution < -0.4 is 4.74 Å². The van der Waals surface area contributed by atoms with E-state index in [4.69, 9.17) is 4.74 Å². The summed E-state index contributed by atoms with van der Waals surface area (Å²) in [5.74, 6) is -0.671. The minimum atomic E-state index is -5.55. The first kappa shape index (κ1) is 38.8. The molecule has 1 aromatic rings. The predicted molar refractivity (Wildman–Crippen MR) is 183 cm³/mol. The van der Waals surface area contributed by atoms with E-state index in [1.807, 2.05) is 0 Å². The molecular weight excluding hydrogens is 659 g/mol. The molecule has 1 aromatic carbocycles. The number of hydrogen-bond donors (Lipinski definition) is 1. The zero-order valence-electron chi connectivity index (χ0n) is 29.4. The highest BCUT2D eigenvalue weighted by Gasteiger charge is 2.63. The van der Waals surface area contributed by atoms with Crippen LogP contribution in [0.15, 0.2) is 24.3 Å². The Bertz CT molecular complexity index is 1230. The van der Waals surface area contributed by atoms with Crippen LogP contribution in [0.5, 0.6) is 5.75 Å². The molecule has 5 rings (SSSR count). The van der Waals surface area contributed by atoms with Crippen LogP contribution in [0.1, 0.15) is 134 Å². The Balaban J connectivity index is 1.02. The van der Waals surface area contributed by atoms with Gasteiger partial charge in [0.2, 0.25) is 0 Å². The average Bonchev–Trinajstić information content (AvgIpc) is 3.35. The van der Waals surface area contributed by atoms with Gasteiger partial charge in [-0.05, 0) is 122 Å². The van der Waals surface area contributed by atoms with E-state index in [0.717, 1.165) is 82.8 Å². The number of halogens is 5. The molecule has 0 amide bonds. The van der Waals surface area contributed by atoms with E-state index in [1.165, 1.54) is 12.0 Å². The van der Waals surface area contributed by atoms with Crippen molar-refractivity contribution in [1.29, 1.82) is 0 Å². The van der Waals surface area contributed by atoms with Gasteiger partial charge in [0.15, 0.2) is 0 Å². The quantitative estimate of drug-likeness (QED) is 0.105. The van der Waals surface area contributed by atoms with Crippen LogP contribution in [-0.2, 0) is 16.0 Å². The molecule has 0 saturated heterocycles. The maximum Gasteiger partial charge on any atom is 0.453 e. The van der Waals surface area contributed by atoms with E-state index >= 15 is 0 Å². The summed E-state index contributed by atoms with van der Waals surface area (Å²) in [7, 11) is 0. The molecule has 9 atom stereocenters. The van der Waals surface area contributed by atoms with Gasteiger partial charge in [0.05, 0.1) is 12.7 Å². The average molecular weight is 717 g/mol. The molecule has 0 aromatic heterocycles. The third-order valence-corrected chi connectivity index (χ3v) is 14.7. The van der Waals surface area contributed by atoms with Crippen molar-refractivity contribution in [2.75, 3.05) is 18.1 Å². The SMILES string of the molecule is C[C@]12CCC(=O)C[C@@H]1CC[C@@H]1[C@@H]2[C@@H](c2ccc(OCCCCCCCCC[S+]([O-])CCCC(F)(F)C(F)(F)F)cc2)C[C@]2(C)[C@@H](O)CC[C@@H]12. The number of aliphatic hydroxyl groups is 1. The van der Waals surface area contributed by atoms with Crippen molar-refractivity contribution >= 4 is 17.0 Å². The Morgan fingerprint density at radius 2 is 1.53 bits per heavy atom. The summed E-state index contributed by atoms with van der Waals surface area (Å²) < 4.78 is 80.7. The fraction of sp³-hybridized carbons (Fsp3) is 0.821. The molecular formula is C39H57F5O4S. The Morgan fingerprint density at radius 1 is 0.878 bits per heavy atom. The summed E-state index contributed by atoms with van der Waals surface area (Å²) in [5, 5.41) is 11.2. The number of ether oxygens (including phenoxy) is 1. The first-order chi connectivity index (χ1) is 23.2. The molecule has 1 unspecified atom stereocenters. The molecule has 0 aliphatic heterocycles. The molecule has 0 radical (unpaired) electrons. The van der Waals surface area contributed by atoms with Crippen LogP contribution in [0.3, 0.4) is 0 Å². The summed E-state index contributed by atoms with van der Waals surface area (Å²) in [6, 6.07) is 8.69. The number of alkyl halides is 5. The van der Waals surface area contributed by atoms with Crippen molar-refractivity contribution < 1.29 is 41.1 Å². The second-order valence-corrected chi connectivity index (χ2v) is 18.0. The minimum absolute atomic E-state index is 0.0570. The summed E-state index contributed by atoms with van der Waals surface area (Å²) in [4.78, 5) is 12.5. The van der Waals surface area contributed by atoms with Gasteiger partial charge < -0.3 is 14.4 Å². The van der Waals surface area contributed by atoms with Gasteiger partial charge in [-0.25, -0.2) is 0 Å². The number of carbonyl (C=O) groups excluding carboxylic acids is 1. The molecule has 10 heteroatoms. The van der Waals surface area contributed by atoms with Crippen LogP contribution in [0, 0.1) is 34.5 Å². The Kier molecular flexibility index (Phi) is 12.8. The smallest absolute Gasteiger partial charge is 0.453 e. The number of benzene rings is 1. The Hall–Kier alpha value is -1.39. The van der Waals surface area contributed by atoms with Crippen LogP contribution in [0.4, 0.5) is 22.0 Å². The highest BCUT2D eigenvalue weighted by Crippen LogP contribution is 2.69. The zero-order valence-corrected chi connectivity index (χ0v) is 30.2. The number of hydrogen-bond acceptors (Lipinski definition) is 4. The number of rotatable bonds is 16. The molecule has 49 heavy (non-hydrogen) atoms. The number of fused-ring (bicyclic) bond motifs is 5. The Labute approximate surface area is 292 Å². The summed E-state index contributed by atoms with van der Waals surface area (Å²) in [6.07, 6.45) is 6.85. The van der Waals surface area contributed by atoms with Crippen molar-refractivity contribution in [2.24, 2.45) is 34.5 Å². The van der Waals surface area contributed by atoms with E-state index in [-0.39, 0.29) is 22.7 Å². The molecule has 4 fully saturated rings. The van der Waals surface area contributed by atoms with E-state index in [9.17, 15) is 36.4 Å². The van der Waals surface area contributed by atoms with Gasteiger partial charge in [0.1, 0.15) is 23.0 Å². The highest BCUT2D eigenvalue weighted by molar-refractivity contribution is 7.91. The molecule has 0 bridgehead atoms. The minimum Gasteiger partial charge on any atom is -0.616 e. The van der Waals surface area contributed by atoms with E-state index < -0.39 is 36.1 Å². The molecule has 4 nitrogen and oxygen atoms in total. The van der Waals surface area contributed by atoms with E-state index in [0.29, 0.717) is 60.6 Å². The van der Waals surface area contributed by atoms with E-state index in [2.05, 4.69) is 38.1 Å². The van der Waals surface area contributed by atoms with Crippen molar-refractivity contribution in [3.63, 3.8) is 0 Å². The van der Waals surface area contributed by atoms with Gasteiger partial charge in [-0.1, -0.05) is 62.8 Å². The second-order valence-electron chi connectivity index (χ2n) is 16.3. The lowest BCUT2D eigenvalue weighted by Gasteiger charge is -2.62. The molecule has 278 valence electrons. The number of aliphatic hydroxyl groups excluding tert-OH is 1. The lowest BCUT2D eigenvalue weighted by molar-refractivity contribution is -0.284. The molecule has 4 aliphatic rings. The third-order valence-electron chi connectivity index (χ3n) is 13.3. The zero-order chi connectivity index (χ0) is 35.5. The number of carbonyl (C=O) groups is 1. The van der Waals surface area contributed by atoms with E-state index in [1.54, 1.807) is 0 Å². The molecule has 0 heterocycles. The van der Waals surface area contributed by atoms with Gasteiger partial charge in [-0.3, -0.25) is 4.79 Å². The standard InChI is InChI=1S/C39H57F5O4S/c1-36-21-19-29(45)25-28(36)13-16-31-33-17-18-34(46)37(33,2)26-32(35(31)36)27-11-14-30(15-12-27)48-22-8-6-4-3-5-7-9-23-49(47)24-10-20-38(40,41)39(42,43)44/h11-12,14-15,28,31-35,46H,3-10,13,16-26H2,1-2H3/t28-,31-,32+,33-,34-,35+,36-,37-,49?/m0/s1. The van der Waals surface area contributed by atoms with Gasteiger partial charge in [-0.15, -0.1) is 0 Å². The van der Waals surface area contributed by atoms with Gasteiger partial charge in [-0.2, -0.15) is 22.0 Å². The number of Topliss-reactive ketones (excluding diaryl/α,β-unsaturated/α-hetero) is 1. The number of ketones is 1. The first-order valence-electron chi connectivity index (χ1n) is 18.9. The van der Waals surface area contributed by atoms with Crippen molar-refractivity contribution in [3.05, 3.63) is 29.8 Å². The fourth-order valence-corrected chi connectivity index (χ4v) is 11.7. The summed E-state index contributed by atoms with van der Waals surface area (Å²) in [5.41, 5.74) is 1.44. The van der Waals surface area contributed by atoms with Crippen molar-refractivity contribution in [1.82, 2.24) is 0 Å². The summed E-state index contributed by atoms with van der Waals surface area (Å²) >= 11 is -1.36. The van der Waals surface area contributed by atoms with Crippen LogP contribution in [0.25, 0.3) is 0 Å². The summed E-state index contributed by atoms with van der Waals surface area (Å²) in [6.45, 7) is 5.45. The Morgan fingerprint density at radius 3 is 2.22 bits per heavy atom. The number of unbranched alkanes of at least 4 members (excludes halogenated alkanes) is 6. The normalized spacial score (nSPS) is 33.9. The second kappa shape index (κ2) is 16.1. The van der Waals surface area contributed by atoms with Crippen molar-refractivity contribution in [3.8, 4) is 5.75 Å². The van der Waals surface area contributed by atoms with Gasteiger partial charge in [0, 0.05) is 19.3 Å². The fourth-order valence-electron chi connectivity index (χ4n) is 10.5. The lowest BCUT2D eigenvalue weighted by atomic mass is 9.42. The first-order valence-corrected chi connectivity index (χ1v) is 20.4. The molecule has 4 saturated carbocycles. The lowest BCUT2D eigenvalue weighted by Crippen LogP contribution is -2.56. The maximum absolute atomic E-state index is 13.0. The maximum atomic E-state index is 13.0. The van der Waals surface area contributed by atoms with Crippen molar-refractivity contribution in [2.45, 2.75) is 147 Å². The largest absolute Gasteiger partial charge is 0.616 e. The molecule has 0 spiro atoms. The van der Waals surface area contributed by atoms with Crippen LogP contribution in [0.2, 0.25) is 0 Å². The van der Waals surface area contributed by atoms with Crippen LogP contribution >= 0.6 is 0 Å². The molecule has 1 N–H and O–H groups in total. The van der Waals surface area contributed by atoms with Gasteiger partial charge >= 0.3 is 12.1 Å². The van der Waals surface area contributed by atoms with Gasteiger partial charge in [0.25, 0.3) is 0 Å². The molecule has 4 aliphatic carbocycles. The third kappa shape index (κ3) is 8.81. The van der Waals surface area contributed by atoms with Crippen LogP contribution in [-0.4, -0.2) is 51.8 Å². The monoisotopic (exact) mass is 716 g/mol. The topological polar surface area (TPSA) is 69.6 Å².